The zero-order chi connectivity index (χ0) is 28.5. The number of rotatable bonds is 6. The summed E-state index contributed by atoms with van der Waals surface area (Å²) in [7, 11) is 2.12. The van der Waals surface area contributed by atoms with Gasteiger partial charge in [-0.25, -0.2) is 4.79 Å². The first-order chi connectivity index (χ1) is 19.9. The minimum atomic E-state index is -0.997. The van der Waals surface area contributed by atoms with Crippen LogP contribution in [0.25, 0.3) is 10.8 Å². The summed E-state index contributed by atoms with van der Waals surface area (Å²) in [6.07, 6.45) is 2.08. The zero-order valence-corrected chi connectivity index (χ0v) is 23.9. The first kappa shape index (κ1) is 27.4. The summed E-state index contributed by atoms with van der Waals surface area (Å²) in [5.74, 6) is 0.786. The number of amides is 1. The molecule has 1 N–H and O–H groups in total. The molecule has 10 nitrogen and oxygen atoms in total. The molecule has 4 heterocycles. The summed E-state index contributed by atoms with van der Waals surface area (Å²) >= 11 is 6.67. The van der Waals surface area contributed by atoms with E-state index in [2.05, 4.69) is 52.1 Å². The van der Waals surface area contributed by atoms with Crippen molar-refractivity contribution in [2.45, 2.75) is 44.3 Å². The number of piperazine rings is 1. The highest BCUT2D eigenvalue weighted by Gasteiger charge is 2.34. The molecule has 2 fully saturated rings. The fraction of sp³-hybridized carbons (Fsp3) is 0.467. The van der Waals surface area contributed by atoms with Crippen molar-refractivity contribution in [2.24, 2.45) is 0 Å². The molecule has 41 heavy (non-hydrogen) atoms. The molecule has 0 spiro atoms. The number of nitrogens with zero attached hydrogens (tertiary/aromatic N) is 7. The average Bonchev–Trinajstić information content (AvgIpc) is 3.39. The Hall–Kier alpha value is -3.81. The van der Waals surface area contributed by atoms with Gasteiger partial charge in [-0.1, -0.05) is 35.9 Å². The van der Waals surface area contributed by atoms with Gasteiger partial charge >= 0.3 is 12.1 Å². The Labute approximate surface area is 244 Å². The Morgan fingerprint density at radius 2 is 1.95 bits per heavy atom. The van der Waals surface area contributed by atoms with E-state index in [1.165, 1.54) is 4.90 Å². The van der Waals surface area contributed by atoms with Gasteiger partial charge in [0.2, 0.25) is 0 Å². The number of carboxylic acid groups (broad SMARTS) is 1. The van der Waals surface area contributed by atoms with Gasteiger partial charge < -0.3 is 29.4 Å². The summed E-state index contributed by atoms with van der Waals surface area (Å²) in [6.45, 7) is 4.11. The molecular weight excluding hydrogens is 542 g/mol. The second-order valence-electron chi connectivity index (χ2n) is 11.1. The van der Waals surface area contributed by atoms with Gasteiger partial charge in [0.1, 0.15) is 12.4 Å². The van der Waals surface area contributed by atoms with Gasteiger partial charge in [-0.05, 0) is 50.4 Å². The Morgan fingerprint density at radius 3 is 2.71 bits per heavy atom. The van der Waals surface area contributed by atoms with Gasteiger partial charge in [0, 0.05) is 48.9 Å². The van der Waals surface area contributed by atoms with E-state index in [9.17, 15) is 15.2 Å². The predicted molar refractivity (Wildman–Crippen MR) is 158 cm³/mol. The number of benzene rings is 2. The number of fused-ring (bicyclic) bond motifs is 2. The van der Waals surface area contributed by atoms with Crippen LogP contribution in [0.3, 0.4) is 0 Å². The molecule has 0 bridgehead atoms. The van der Waals surface area contributed by atoms with E-state index in [1.807, 2.05) is 12.1 Å². The van der Waals surface area contributed by atoms with Crippen LogP contribution in [0, 0.1) is 11.3 Å². The van der Waals surface area contributed by atoms with Gasteiger partial charge in [0.15, 0.2) is 0 Å². The fourth-order valence-electron chi connectivity index (χ4n) is 6.40. The van der Waals surface area contributed by atoms with Crippen LogP contribution in [0.4, 0.5) is 16.3 Å². The smallest absolute Gasteiger partial charge is 0.407 e. The van der Waals surface area contributed by atoms with Gasteiger partial charge in [-0.15, -0.1) is 0 Å². The molecule has 2 saturated heterocycles. The third-order valence-corrected chi connectivity index (χ3v) is 8.94. The number of likely N-dealkylation sites (tertiary alicyclic amines) is 1. The number of halogens is 1. The molecule has 0 radical (unpaired) electrons. The van der Waals surface area contributed by atoms with Crippen LogP contribution in [0.2, 0.25) is 5.02 Å². The number of anilines is 2. The first-order valence-corrected chi connectivity index (χ1v) is 14.6. The quantitative estimate of drug-likeness (QED) is 0.457. The number of nitriles is 1. The number of aromatic nitrogens is 2. The maximum Gasteiger partial charge on any atom is 0.407 e. The van der Waals surface area contributed by atoms with E-state index in [-0.39, 0.29) is 6.42 Å². The van der Waals surface area contributed by atoms with Crippen molar-refractivity contribution in [3.05, 3.63) is 52.7 Å². The topological polar surface area (TPSA) is 109 Å². The van der Waals surface area contributed by atoms with Crippen LogP contribution < -0.4 is 14.5 Å². The van der Waals surface area contributed by atoms with Gasteiger partial charge in [0.05, 0.1) is 35.8 Å². The normalized spacial score (nSPS) is 21.1. The molecule has 1 amide bonds. The third-order valence-electron chi connectivity index (χ3n) is 8.63. The second-order valence-corrected chi connectivity index (χ2v) is 11.5. The SMILES string of the molecule is CN1CCC[C@H]1COc1nc2c(c(N3CCN(C(=O)O)[C@@H](CC#N)C3)n1)CCN(c1cccc3cccc(Cl)c13)C2. The number of ether oxygens (including phenoxy) is 1. The van der Waals surface area contributed by atoms with Gasteiger partial charge in [0.25, 0.3) is 0 Å². The van der Waals surface area contributed by atoms with Crippen LogP contribution in [-0.2, 0) is 13.0 Å². The minimum absolute atomic E-state index is 0.128. The maximum atomic E-state index is 11.8. The summed E-state index contributed by atoms with van der Waals surface area (Å²) in [6, 6.07) is 14.6. The van der Waals surface area contributed by atoms with Crippen molar-refractivity contribution in [2.75, 3.05) is 56.2 Å². The van der Waals surface area contributed by atoms with Gasteiger partial charge in [-0.3, -0.25) is 0 Å². The number of hydrogen-bond acceptors (Lipinski definition) is 8. The number of likely N-dealkylation sites (N-methyl/N-ethyl adjacent to an activating group) is 1. The Balaban J connectivity index is 1.34. The molecule has 11 heteroatoms. The van der Waals surface area contributed by atoms with Crippen molar-refractivity contribution in [3.63, 3.8) is 0 Å². The van der Waals surface area contributed by atoms with E-state index >= 15 is 0 Å². The molecule has 214 valence electrons. The van der Waals surface area contributed by atoms with E-state index in [0.29, 0.717) is 44.8 Å². The lowest BCUT2D eigenvalue weighted by atomic mass is 10.0. The highest BCUT2D eigenvalue weighted by molar-refractivity contribution is 6.36. The second kappa shape index (κ2) is 11.6. The Bertz CT molecular complexity index is 1490. The van der Waals surface area contributed by atoms with E-state index in [0.717, 1.165) is 70.9 Å². The minimum Gasteiger partial charge on any atom is -0.465 e. The summed E-state index contributed by atoms with van der Waals surface area (Å²) < 4.78 is 6.23. The van der Waals surface area contributed by atoms with Crippen molar-refractivity contribution < 1.29 is 14.6 Å². The van der Waals surface area contributed by atoms with Crippen LogP contribution in [-0.4, -0.2) is 89.4 Å². The van der Waals surface area contributed by atoms with Crippen molar-refractivity contribution in [1.82, 2.24) is 19.8 Å². The molecular formula is C30H34ClN7O3. The summed E-state index contributed by atoms with van der Waals surface area (Å²) in [5, 5.41) is 21.9. The highest BCUT2D eigenvalue weighted by Crippen LogP contribution is 2.37. The summed E-state index contributed by atoms with van der Waals surface area (Å²) in [4.78, 5) is 29.8. The lowest BCUT2D eigenvalue weighted by molar-refractivity contribution is 0.119. The molecule has 0 aliphatic carbocycles. The van der Waals surface area contributed by atoms with Crippen molar-refractivity contribution in [3.8, 4) is 12.1 Å². The van der Waals surface area contributed by atoms with Crippen molar-refractivity contribution >= 4 is 40.0 Å². The average molecular weight is 576 g/mol. The molecule has 0 saturated carbocycles. The maximum absolute atomic E-state index is 11.8. The van der Waals surface area contributed by atoms with Gasteiger partial charge in [-0.2, -0.15) is 15.2 Å². The van der Waals surface area contributed by atoms with Crippen LogP contribution >= 0.6 is 11.6 Å². The standard InChI is InChI=1S/C30H34ClN7O3/c1-35-13-4-7-22(35)19-41-29-33-25-18-36(26-9-3-6-20-5-2-8-24(31)27(20)26)14-11-23(25)28(34-29)37-15-16-38(30(39)40)21(17-37)10-12-32/h2-3,5-6,8-9,21-22H,4,7,10-11,13-19H2,1H3,(H,39,40)/t21-,22-/m0/s1. The highest BCUT2D eigenvalue weighted by atomic mass is 35.5. The fourth-order valence-corrected chi connectivity index (χ4v) is 6.68. The molecule has 0 unspecified atom stereocenters. The Kier molecular flexibility index (Phi) is 7.73. The molecule has 3 aromatic rings. The molecule has 6 rings (SSSR count). The molecule has 1 aromatic heterocycles. The number of hydrogen-bond donors (Lipinski definition) is 1. The zero-order valence-electron chi connectivity index (χ0n) is 23.2. The molecule has 2 atom stereocenters. The monoisotopic (exact) mass is 575 g/mol. The van der Waals surface area contributed by atoms with E-state index in [4.69, 9.17) is 26.3 Å². The largest absolute Gasteiger partial charge is 0.465 e. The van der Waals surface area contributed by atoms with Crippen LogP contribution in [0.5, 0.6) is 6.01 Å². The molecule has 3 aliphatic heterocycles. The van der Waals surface area contributed by atoms with Crippen LogP contribution in [0.1, 0.15) is 30.5 Å². The van der Waals surface area contributed by atoms with Crippen molar-refractivity contribution in [1.29, 1.82) is 5.26 Å². The molecule has 3 aliphatic rings. The number of carbonyl (C=O) groups is 1. The van der Waals surface area contributed by atoms with E-state index < -0.39 is 12.1 Å². The Morgan fingerprint density at radius 1 is 1.12 bits per heavy atom. The third kappa shape index (κ3) is 5.44. The summed E-state index contributed by atoms with van der Waals surface area (Å²) in [5.41, 5.74) is 3.02. The lowest BCUT2D eigenvalue weighted by Gasteiger charge is -2.41. The lowest BCUT2D eigenvalue weighted by Crippen LogP contribution is -2.55. The molecule has 2 aromatic carbocycles. The first-order valence-electron chi connectivity index (χ1n) is 14.2. The van der Waals surface area contributed by atoms with E-state index in [1.54, 1.807) is 0 Å². The van der Waals surface area contributed by atoms with Crippen LogP contribution in [0.15, 0.2) is 36.4 Å². The predicted octanol–water partition coefficient (Wildman–Crippen LogP) is 4.40.